The molecule has 20 heavy (non-hydrogen) atoms. The van der Waals surface area contributed by atoms with Crippen molar-refractivity contribution in [1.82, 2.24) is 15.3 Å². The van der Waals surface area contributed by atoms with Crippen molar-refractivity contribution in [3.8, 4) is 0 Å². The highest BCUT2D eigenvalue weighted by Gasteiger charge is 2.06. The van der Waals surface area contributed by atoms with E-state index in [0.717, 1.165) is 23.1 Å². The second-order valence-corrected chi connectivity index (χ2v) is 4.56. The number of halogens is 1. The first-order chi connectivity index (χ1) is 9.78. The summed E-state index contributed by atoms with van der Waals surface area (Å²) in [6, 6.07) is 8.83. The molecule has 102 valence electrons. The van der Waals surface area contributed by atoms with E-state index in [4.69, 9.17) is 0 Å². The molecule has 0 saturated carbocycles. The number of aromatic amines is 1. The molecular formula is C15H15FN4. The molecule has 5 heteroatoms. The lowest BCUT2D eigenvalue weighted by molar-refractivity contribution is 0.626. The molecule has 0 fully saturated rings. The van der Waals surface area contributed by atoms with Gasteiger partial charge in [0.05, 0.1) is 0 Å². The van der Waals surface area contributed by atoms with Crippen molar-refractivity contribution < 1.29 is 4.39 Å². The lowest BCUT2D eigenvalue weighted by Gasteiger charge is -2.06. The van der Waals surface area contributed by atoms with Crippen molar-refractivity contribution in [2.75, 3.05) is 12.4 Å². The van der Waals surface area contributed by atoms with Crippen LogP contribution in [0.5, 0.6) is 0 Å². The van der Waals surface area contributed by atoms with Crippen LogP contribution in [0.3, 0.4) is 0 Å². The standard InChI is InChI=1S/C15H15FN4/c1-17-8-10-9-19-14-7-11(4-5-12(10)14)20-15-13(16)3-2-6-18-15/h2-7,9,17,19H,8H2,1H3,(H,18,20). The average molecular weight is 270 g/mol. The van der Waals surface area contributed by atoms with E-state index in [9.17, 15) is 4.39 Å². The molecule has 3 rings (SSSR count). The summed E-state index contributed by atoms with van der Waals surface area (Å²) < 4.78 is 13.6. The van der Waals surface area contributed by atoms with E-state index < -0.39 is 0 Å². The molecule has 0 aliphatic rings. The van der Waals surface area contributed by atoms with E-state index in [1.54, 1.807) is 12.3 Å². The quantitative estimate of drug-likeness (QED) is 0.682. The topological polar surface area (TPSA) is 52.7 Å². The molecule has 0 aliphatic heterocycles. The Morgan fingerprint density at radius 1 is 1.30 bits per heavy atom. The van der Waals surface area contributed by atoms with Gasteiger partial charge < -0.3 is 15.6 Å². The number of hydrogen-bond acceptors (Lipinski definition) is 3. The summed E-state index contributed by atoms with van der Waals surface area (Å²) >= 11 is 0. The van der Waals surface area contributed by atoms with Crippen molar-refractivity contribution in [3.05, 3.63) is 54.1 Å². The first-order valence-electron chi connectivity index (χ1n) is 6.40. The van der Waals surface area contributed by atoms with Gasteiger partial charge >= 0.3 is 0 Å². The van der Waals surface area contributed by atoms with Crippen molar-refractivity contribution in [2.24, 2.45) is 0 Å². The van der Waals surface area contributed by atoms with Gasteiger partial charge in [-0.2, -0.15) is 0 Å². The van der Waals surface area contributed by atoms with Crippen LogP contribution >= 0.6 is 0 Å². The van der Waals surface area contributed by atoms with Crippen LogP contribution in [0.1, 0.15) is 5.56 Å². The zero-order valence-electron chi connectivity index (χ0n) is 11.1. The van der Waals surface area contributed by atoms with Crippen molar-refractivity contribution >= 4 is 22.4 Å². The molecule has 0 spiro atoms. The Morgan fingerprint density at radius 2 is 2.20 bits per heavy atom. The first kappa shape index (κ1) is 12.6. The molecule has 3 N–H and O–H groups in total. The third kappa shape index (κ3) is 2.35. The van der Waals surface area contributed by atoms with E-state index in [-0.39, 0.29) is 11.6 Å². The van der Waals surface area contributed by atoms with Gasteiger partial charge in [0.2, 0.25) is 0 Å². The van der Waals surface area contributed by atoms with E-state index >= 15 is 0 Å². The van der Waals surface area contributed by atoms with E-state index in [2.05, 4.69) is 20.6 Å². The highest BCUT2D eigenvalue weighted by atomic mass is 19.1. The minimum atomic E-state index is -0.366. The molecule has 0 radical (unpaired) electrons. The number of hydrogen-bond donors (Lipinski definition) is 3. The fourth-order valence-corrected chi connectivity index (χ4v) is 2.22. The Labute approximate surface area is 116 Å². The molecule has 1 aromatic carbocycles. The molecule has 0 saturated heterocycles. The van der Waals surface area contributed by atoms with Crippen LogP contribution in [-0.4, -0.2) is 17.0 Å². The number of benzene rings is 1. The molecule has 3 aromatic rings. The van der Waals surface area contributed by atoms with Gasteiger partial charge in [0, 0.05) is 35.5 Å². The third-order valence-electron chi connectivity index (χ3n) is 3.16. The summed E-state index contributed by atoms with van der Waals surface area (Å²) in [7, 11) is 1.92. The van der Waals surface area contributed by atoms with E-state index in [1.807, 2.05) is 31.4 Å². The molecule has 4 nitrogen and oxygen atoms in total. The largest absolute Gasteiger partial charge is 0.361 e. The molecule has 0 amide bonds. The third-order valence-corrected chi connectivity index (χ3v) is 3.16. The normalized spacial score (nSPS) is 10.9. The Bertz CT molecular complexity index is 736. The Balaban J connectivity index is 1.92. The number of rotatable bonds is 4. The van der Waals surface area contributed by atoms with Crippen LogP contribution in [0.2, 0.25) is 0 Å². The SMILES string of the molecule is CNCc1c[nH]c2cc(Nc3ncccc3F)ccc12. The number of anilines is 2. The number of nitrogens with one attached hydrogen (secondary N) is 3. The second kappa shape index (κ2) is 5.30. The lowest BCUT2D eigenvalue weighted by Crippen LogP contribution is -2.03. The predicted octanol–water partition coefficient (Wildman–Crippen LogP) is 3.17. The average Bonchev–Trinajstić information content (AvgIpc) is 2.85. The van der Waals surface area contributed by atoms with Crippen LogP contribution < -0.4 is 10.6 Å². The smallest absolute Gasteiger partial charge is 0.166 e. The van der Waals surface area contributed by atoms with E-state index in [1.165, 1.54) is 11.6 Å². The lowest BCUT2D eigenvalue weighted by atomic mass is 10.1. The minimum Gasteiger partial charge on any atom is -0.361 e. The zero-order chi connectivity index (χ0) is 13.9. The Hall–Kier alpha value is -2.40. The predicted molar refractivity (Wildman–Crippen MR) is 78.5 cm³/mol. The summed E-state index contributed by atoms with van der Waals surface area (Å²) in [5.74, 6) is -0.135. The van der Waals surface area contributed by atoms with Crippen molar-refractivity contribution in [1.29, 1.82) is 0 Å². The molecule has 0 bridgehead atoms. The van der Waals surface area contributed by atoms with Gasteiger partial charge in [-0.05, 0) is 36.9 Å². The van der Waals surface area contributed by atoms with Gasteiger partial charge in [0.1, 0.15) is 0 Å². The van der Waals surface area contributed by atoms with Gasteiger partial charge in [0.15, 0.2) is 11.6 Å². The van der Waals surface area contributed by atoms with Crippen molar-refractivity contribution in [2.45, 2.75) is 6.54 Å². The van der Waals surface area contributed by atoms with Crippen molar-refractivity contribution in [3.63, 3.8) is 0 Å². The summed E-state index contributed by atoms with van der Waals surface area (Å²) in [5, 5.41) is 7.27. The van der Waals surface area contributed by atoms with Gasteiger partial charge in [-0.1, -0.05) is 6.07 Å². The van der Waals surface area contributed by atoms with Gasteiger partial charge in [-0.15, -0.1) is 0 Å². The maximum absolute atomic E-state index is 13.6. The summed E-state index contributed by atoms with van der Waals surface area (Å²) in [6.45, 7) is 0.807. The highest BCUT2D eigenvalue weighted by molar-refractivity contribution is 5.86. The van der Waals surface area contributed by atoms with Gasteiger partial charge in [-0.3, -0.25) is 0 Å². The number of fused-ring (bicyclic) bond motifs is 1. The maximum atomic E-state index is 13.6. The van der Waals surface area contributed by atoms with Crippen LogP contribution in [0.15, 0.2) is 42.7 Å². The molecule has 2 aromatic heterocycles. The van der Waals surface area contributed by atoms with Gasteiger partial charge in [0.25, 0.3) is 0 Å². The molecule has 0 aliphatic carbocycles. The van der Waals surface area contributed by atoms with Crippen LogP contribution in [0, 0.1) is 5.82 Å². The van der Waals surface area contributed by atoms with E-state index in [0.29, 0.717) is 0 Å². The molecular weight excluding hydrogens is 255 g/mol. The van der Waals surface area contributed by atoms with Crippen LogP contribution in [0.25, 0.3) is 10.9 Å². The summed E-state index contributed by atoms with van der Waals surface area (Å²) in [5.41, 5.74) is 3.02. The number of H-pyrrole nitrogens is 1. The number of aromatic nitrogens is 2. The van der Waals surface area contributed by atoms with Crippen LogP contribution in [-0.2, 0) is 6.54 Å². The zero-order valence-corrected chi connectivity index (χ0v) is 11.1. The summed E-state index contributed by atoms with van der Waals surface area (Å²) in [4.78, 5) is 7.20. The second-order valence-electron chi connectivity index (χ2n) is 4.56. The number of nitrogens with zero attached hydrogens (tertiary/aromatic N) is 1. The Kier molecular flexibility index (Phi) is 3.35. The summed E-state index contributed by atoms with van der Waals surface area (Å²) in [6.07, 6.45) is 3.54. The molecule has 0 atom stereocenters. The Morgan fingerprint density at radius 3 is 3.00 bits per heavy atom. The van der Waals surface area contributed by atoms with Crippen LogP contribution in [0.4, 0.5) is 15.9 Å². The minimum absolute atomic E-state index is 0.230. The molecule has 2 heterocycles. The fraction of sp³-hybridized carbons (Fsp3) is 0.133. The highest BCUT2D eigenvalue weighted by Crippen LogP contribution is 2.24. The monoisotopic (exact) mass is 270 g/mol. The van der Waals surface area contributed by atoms with Gasteiger partial charge in [-0.25, -0.2) is 9.37 Å². The first-order valence-corrected chi connectivity index (χ1v) is 6.40. The fourth-order valence-electron chi connectivity index (χ4n) is 2.22. The maximum Gasteiger partial charge on any atom is 0.166 e. The molecule has 0 unspecified atom stereocenters. The number of pyridine rings is 1.